The second-order valence-electron chi connectivity index (χ2n) is 7.22. The number of carbonyl (C=O) groups is 1. The van der Waals surface area contributed by atoms with Gasteiger partial charge in [-0.3, -0.25) is 0 Å². The topological polar surface area (TPSA) is 90.4 Å². The van der Waals surface area contributed by atoms with E-state index in [2.05, 4.69) is 9.84 Å². The van der Waals surface area contributed by atoms with E-state index in [-0.39, 0.29) is 24.4 Å². The number of benzene rings is 1. The molecule has 2 atom stereocenters. The fourth-order valence-electron chi connectivity index (χ4n) is 3.95. The first-order chi connectivity index (χ1) is 14.1. The normalized spacial score (nSPS) is 19.1. The standard InChI is InChI=1S/C21H24F3N3O3/c1-3-30-19(28)20(29,21(22,23)24)16-12-8-7-11-15(16)17-13(2)26-27(18(17)25)14-9-5-4-6-10-14/h4-6,9-11,16,29H,3,7-8,12,25H2,1-2H3/t16?,20-/m0/s1. The molecule has 0 bridgehead atoms. The van der Waals surface area contributed by atoms with Crippen LogP contribution in [0.1, 0.15) is 37.4 Å². The van der Waals surface area contributed by atoms with Crippen molar-refractivity contribution in [3.05, 3.63) is 47.7 Å². The van der Waals surface area contributed by atoms with Crippen molar-refractivity contribution < 1.29 is 27.8 Å². The monoisotopic (exact) mass is 423 g/mol. The van der Waals surface area contributed by atoms with Gasteiger partial charge in [0.05, 0.1) is 18.0 Å². The Morgan fingerprint density at radius 3 is 2.60 bits per heavy atom. The molecule has 1 aliphatic rings. The van der Waals surface area contributed by atoms with Gasteiger partial charge < -0.3 is 15.6 Å². The van der Waals surface area contributed by atoms with Crippen LogP contribution in [0.2, 0.25) is 0 Å². The van der Waals surface area contributed by atoms with E-state index in [9.17, 15) is 23.1 Å². The number of rotatable bonds is 5. The van der Waals surface area contributed by atoms with Gasteiger partial charge in [-0.1, -0.05) is 24.3 Å². The fourth-order valence-corrected chi connectivity index (χ4v) is 3.95. The number of aliphatic hydroxyl groups is 1. The van der Waals surface area contributed by atoms with Crippen LogP contribution in [0.15, 0.2) is 36.4 Å². The average Bonchev–Trinajstić information content (AvgIpc) is 3.01. The van der Waals surface area contributed by atoms with Crippen LogP contribution in [-0.4, -0.2) is 39.2 Å². The van der Waals surface area contributed by atoms with E-state index >= 15 is 0 Å². The number of nitrogens with zero attached hydrogens (tertiary/aromatic N) is 2. The number of aromatic nitrogens is 2. The molecule has 0 aliphatic heterocycles. The van der Waals surface area contributed by atoms with Gasteiger partial charge >= 0.3 is 12.1 Å². The lowest BCUT2D eigenvalue weighted by molar-refractivity contribution is -0.273. The first-order valence-corrected chi connectivity index (χ1v) is 9.70. The van der Waals surface area contributed by atoms with Gasteiger partial charge in [-0.2, -0.15) is 18.3 Å². The number of anilines is 1. The van der Waals surface area contributed by atoms with Crippen molar-refractivity contribution in [3.8, 4) is 5.69 Å². The molecule has 3 N–H and O–H groups in total. The number of ether oxygens (including phenoxy) is 1. The molecule has 1 aromatic heterocycles. The lowest BCUT2D eigenvalue weighted by Crippen LogP contribution is -2.58. The summed E-state index contributed by atoms with van der Waals surface area (Å²) in [6.45, 7) is 2.74. The van der Waals surface area contributed by atoms with Crippen molar-refractivity contribution in [1.82, 2.24) is 9.78 Å². The predicted octanol–water partition coefficient (Wildman–Crippen LogP) is 3.80. The Bertz CT molecular complexity index is 954. The summed E-state index contributed by atoms with van der Waals surface area (Å²) in [4.78, 5) is 12.3. The van der Waals surface area contributed by atoms with Gasteiger partial charge in [0.1, 0.15) is 5.82 Å². The smallest absolute Gasteiger partial charge is 0.428 e. The summed E-state index contributed by atoms with van der Waals surface area (Å²) in [7, 11) is 0. The van der Waals surface area contributed by atoms with E-state index in [1.807, 2.05) is 6.07 Å². The molecule has 1 aliphatic carbocycles. The van der Waals surface area contributed by atoms with Gasteiger partial charge in [0.15, 0.2) is 0 Å². The van der Waals surface area contributed by atoms with Crippen molar-refractivity contribution in [2.75, 3.05) is 12.3 Å². The van der Waals surface area contributed by atoms with Crippen LogP contribution in [0.3, 0.4) is 0 Å². The van der Waals surface area contributed by atoms with Gasteiger partial charge in [0, 0.05) is 11.5 Å². The molecule has 2 aromatic rings. The molecule has 0 fully saturated rings. The highest BCUT2D eigenvalue weighted by Crippen LogP contribution is 2.49. The third kappa shape index (κ3) is 3.58. The number of hydrogen-bond donors (Lipinski definition) is 2. The Balaban J connectivity index is 2.14. The number of alkyl halides is 3. The minimum Gasteiger partial charge on any atom is -0.464 e. The van der Waals surface area contributed by atoms with Crippen LogP contribution < -0.4 is 5.73 Å². The average molecular weight is 423 g/mol. The fraction of sp³-hybridized carbons (Fsp3) is 0.429. The second kappa shape index (κ2) is 8.14. The Morgan fingerprint density at radius 2 is 2.00 bits per heavy atom. The van der Waals surface area contributed by atoms with E-state index in [1.54, 1.807) is 37.3 Å². The molecule has 0 saturated heterocycles. The molecule has 6 nitrogen and oxygen atoms in total. The Kier molecular flexibility index (Phi) is 5.94. The Hall–Kier alpha value is -2.81. The molecule has 162 valence electrons. The minimum absolute atomic E-state index is 0.0456. The lowest BCUT2D eigenvalue weighted by Gasteiger charge is -2.38. The van der Waals surface area contributed by atoms with Gasteiger partial charge in [-0.05, 0) is 50.8 Å². The number of esters is 1. The van der Waals surface area contributed by atoms with Crippen LogP contribution in [0.25, 0.3) is 11.3 Å². The van der Waals surface area contributed by atoms with Crippen molar-refractivity contribution >= 4 is 17.4 Å². The van der Waals surface area contributed by atoms with Crippen LogP contribution in [0, 0.1) is 12.8 Å². The van der Waals surface area contributed by atoms with E-state index in [4.69, 9.17) is 5.73 Å². The maximum Gasteiger partial charge on any atom is 0.428 e. The number of nitrogens with two attached hydrogens (primary N) is 1. The highest BCUT2D eigenvalue weighted by atomic mass is 19.4. The van der Waals surface area contributed by atoms with E-state index in [0.29, 0.717) is 29.8 Å². The number of halogens is 3. The zero-order valence-electron chi connectivity index (χ0n) is 16.7. The number of para-hydroxylation sites is 1. The number of allylic oxidation sites excluding steroid dienone is 1. The maximum atomic E-state index is 14.0. The zero-order chi connectivity index (χ0) is 22.1. The molecule has 0 saturated carbocycles. The Morgan fingerprint density at radius 1 is 1.33 bits per heavy atom. The zero-order valence-corrected chi connectivity index (χ0v) is 16.7. The van der Waals surface area contributed by atoms with Crippen molar-refractivity contribution in [1.29, 1.82) is 0 Å². The third-order valence-corrected chi connectivity index (χ3v) is 5.35. The summed E-state index contributed by atoms with van der Waals surface area (Å²) >= 11 is 0. The van der Waals surface area contributed by atoms with Gasteiger partial charge in [0.2, 0.25) is 0 Å². The number of carbonyl (C=O) groups excluding carboxylic acids is 1. The van der Waals surface area contributed by atoms with Crippen molar-refractivity contribution in [2.24, 2.45) is 5.92 Å². The molecule has 9 heteroatoms. The maximum absolute atomic E-state index is 14.0. The highest BCUT2D eigenvalue weighted by molar-refractivity contribution is 5.87. The predicted molar refractivity (Wildman–Crippen MR) is 106 cm³/mol. The number of aryl methyl sites for hydroxylation is 1. The third-order valence-electron chi connectivity index (χ3n) is 5.35. The summed E-state index contributed by atoms with van der Waals surface area (Å²) in [5, 5.41) is 15.1. The van der Waals surface area contributed by atoms with Crippen LogP contribution >= 0.6 is 0 Å². The Labute approximate surface area is 172 Å². The van der Waals surface area contributed by atoms with Crippen molar-refractivity contribution in [2.45, 2.75) is 44.9 Å². The molecule has 1 unspecified atom stereocenters. The molecule has 30 heavy (non-hydrogen) atoms. The van der Waals surface area contributed by atoms with Crippen LogP contribution in [0.4, 0.5) is 19.0 Å². The van der Waals surface area contributed by atoms with Gasteiger partial charge in [-0.15, -0.1) is 0 Å². The van der Waals surface area contributed by atoms with E-state index in [0.717, 1.165) is 0 Å². The molecular formula is C21H24F3N3O3. The van der Waals surface area contributed by atoms with E-state index < -0.39 is 23.7 Å². The summed E-state index contributed by atoms with van der Waals surface area (Å²) in [5.41, 5.74) is 4.13. The summed E-state index contributed by atoms with van der Waals surface area (Å²) < 4.78 is 48.0. The highest BCUT2D eigenvalue weighted by Gasteiger charge is 2.66. The molecule has 3 rings (SSSR count). The summed E-state index contributed by atoms with van der Waals surface area (Å²) in [6, 6.07) is 8.93. The molecule has 1 aromatic carbocycles. The molecule has 0 spiro atoms. The summed E-state index contributed by atoms with van der Waals surface area (Å²) in [5.74, 6) is -3.12. The second-order valence-corrected chi connectivity index (χ2v) is 7.22. The summed E-state index contributed by atoms with van der Waals surface area (Å²) in [6.07, 6.45) is -2.79. The SMILES string of the molecule is CCOC(=O)[C@@](O)(C1CCCC=C1c1c(C)nn(-c2ccccc2)c1N)C(F)(F)F. The van der Waals surface area contributed by atoms with Gasteiger partial charge in [-0.25, -0.2) is 9.48 Å². The minimum atomic E-state index is -5.22. The first-order valence-electron chi connectivity index (χ1n) is 9.70. The molecule has 0 amide bonds. The number of nitrogen functional groups attached to an aromatic ring is 1. The molecule has 1 heterocycles. The lowest BCUT2D eigenvalue weighted by atomic mass is 9.72. The van der Waals surface area contributed by atoms with Crippen molar-refractivity contribution in [3.63, 3.8) is 0 Å². The van der Waals surface area contributed by atoms with E-state index in [1.165, 1.54) is 11.6 Å². The molecular weight excluding hydrogens is 399 g/mol. The molecule has 0 radical (unpaired) electrons. The number of hydrogen-bond acceptors (Lipinski definition) is 5. The first kappa shape index (κ1) is 21.9. The van der Waals surface area contributed by atoms with Crippen LogP contribution in [-0.2, 0) is 9.53 Å². The van der Waals surface area contributed by atoms with Crippen LogP contribution in [0.5, 0.6) is 0 Å². The van der Waals surface area contributed by atoms with Gasteiger partial charge in [0.25, 0.3) is 5.60 Å². The quantitative estimate of drug-likeness (QED) is 0.714. The largest absolute Gasteiger partial charge is 0.464 e.